The Morgan fingerprint density at radius 1 is 1.07 bits per heavy atom. The van der Waals surface area contributed by atoms with Gasteiger partial charge in [-0.25, -0.2) is 4.68 Å². The molecular weight excluding hydrogens is 573 g/mol. The number of piperazine rings is 1. The first-order valence-electron chi connectivity index (χ1n) is 15.2. The van der Waals surface area contributed by atoms with Gasteiger partial charge in [0.15, 0.2) is 0 Å². The topological polar surface area (TPSA) is 83.8 Å². The molecule has 1 aliphatic carbocycles. The van der Waals surface area contributed by atoms with E-state index in [0.29, 0.717) is 26.1 Å². The number of hydrogen-bond donors (Lipinski definition) is 0. The lowest BCUT2D eigenvalue weighted by Gasteiger charge is -2.44. The van der Waals surface area contributed by atoms with Crippen LogP contribution in [0.15, 0.2) is 48.7 Å². The Hall–Kier alpha value is -3.93. The highest BCUT2D eigenvalue weighted by Crippen LogP contribution is 2.34. The molecule has 2 aromatic carbocycles. The van der Waals surface area contributed by atoms with Gasteiger partial charge in [0, 0.05) is 50.0 Å². The number of amides is 2. The summed E-state index contributed by atoms with van der Waals surface area (Å²) in [5.41, 5.74) is 5.09. The first-order chi connectivity index (χ1) is 21.0. The Morgan fingerprint density at radius 2 is 1.84 bits per heavy atom. The second-order valence-corrected chi connectivity index (χ2v) is 12.3. The van der Waals surface area contributed by atoms with Crippen molar-refractivity contribution in [1.82, 2.24) is 24.8 Å². The van der Waals surface area contributed by atoms with Crippen LogP contribution in [0.2, 0.25) is 0 Å². The Balaban J connectivity index is 1.08. The van der Waals surface area contributed by atoms with E-state index in [4.69, 9.17) is 0 Å². The molecule has 0 N–H and O–H groups in total. The van der Waals surface area contributed by atoms with Crippen molar-refractivity contribution in [3.63, 3.8) is 0 Å². The van der Waals surface area contributed by atoms with Gasteiger partial charge in [-0.3, -0.25) is 14.5 Å². The molecule has 1 unspecified atom stereocenters. The van der Waals surface area contributed by atoms with Crippen LogP contribution in [0.1, 0.15) is 61.5 Å². The zero-order chi connectivity index (χ0) is 31.2. The molecule has 0 saturated carbocycles. The molecule has 0 bridgehead atoms. The van der Waals surface area contributed by atoms with E-state index < -0.39 is 23.9 Å². The minimum atomic E-state index is -4.83. The zero-order valence-corrected chi connectivity index (χ0v) is 25.1. The summed E-state index contributed by atoms with van der Waals surface area (Å²) in [5.74, 6) is -1.92. The van der Waals surface area contributed by atoms with Gasteiger partial charge in [0.05, 0.1) is 17.9 Å². The molecule has 2 fully saturated rings. The van der Waals surface area contributed by atoms with Gasteiger partial charge in [0.1, 0.15) is 11.7 Å². The van der Waals surface area contributed by atoms with E-state index in [9.17, 15) is 22.8 Å². The molecule has 234 valence electrons. The smallest absolute Gasteiger partial charge is 0.406 e. The van der Waals surface area contributed by atoms with Crippen molar-refractivity contribution >= 4 is 17.5 Å². The van der Waals surface area contributed by atoms with E-state index in [2.05, 4.69) is 58.9 Å². The molecule has 1 aromatic heterocycles. The number of anilines is 1. The van der Waals surface area contributed by atoms with Crippen molar-refractivity contribution < 1.29 is 27.5 Å². The minimum Gasteiger partial charge on any atom is -0.406 e. The highest BCUT2D eigenvalue weighted by Gasteiger charge is 2.42. The summed E-state index contributed by atoms with van der Waals surface area (Å²) in [6.45, 7) is 8.02. The maximum absolute atomic E-state index is 13.6. The number of aromatic nitrogens is 3. The number of fused-ring (bicyclic) bond motifs is 1. The number of rotatable bonds is 6. The molecule has 44 heavy (non-hydrogen) atoms. The first kappa shape index (κ1) is 30.1. The van der Waals surface area contributed by atoms with E-state index in [0.717, 1.165) is 25.0 Å². The standard InChI is InChI=1S/C32H37F3N6O3/c1-20-10-11-23-6-4-9-29(28(23)14-20)41-19-24(36-37-41)18-40-21(2)16-38(17-22(40)3)30(42)27-12-13-39(31(27)43)25-7-5-8-26(15-25)44-32(33,34)35/h5,7-8,10-11,14-15,19,21-22,27,29H,4,6,9,12-13,16-18H2,1-3H3/t21-,22+,27?,29-/m0/s1. The fourth-order valence-corrected chi connectivity index (χ4v) is 6.98. The summed E-state index contributed by atoms with van der Waals surface area (Å²) < 4.78 is 44.1. The number of nitrogens with zero attached hydrogens (tertiary/aromatic N) is 6. The van der Waals surface area contributed by atoms with Crippen molar-refractivity contribution in [3.8, 4) is 5.75 Å². The highest BCUT2D eigenvalue weighted by atomic mass is 19.4. The van der Waals surface area contributed by atoms with Crippen molar-refractivity contribution in [2.45, 2.75) is 77.5 Å². The molecule has 0 radical (unpaired) electrons. The Bertz CT molecular complexity index is 1530. The van der Waals surface area contributed by atoms with Gasteiger partial charge in [-0.1, -0.05) is 35.0 Å². The van der Waals surface area contributed by atoms with Crippen LogP contribution in [0.4, 0.5) is 18.9 Å². The normalized spacial score (nSPS) is 24.5. The Morgan fingerprint density at radius 3 is 2.59 bits per heavy atom. The molecule has 2 aliphatic heterocycles. The Labute approximate surface area is 254 Å². The van der Waals surface area contributed by atoms with Crippen molar-refractivity contribution in [2.75, 3.05) is 24.5 Å². The Kier molecular flexibility index (Phi) is 8.12. The van der Waals surface area contributed by atoms with Crippen LogP contribution in [0.3, 0.4) is 0 Å². The van der Waals surface area contributed by atoms with Gasteiger partial charge in [-0.05, 0) is 69.7 Å². The van der Waals surface area contributed by atoms with Crippen LogP contribution < -0.4 is 9.64 Å². The number of halogens is 3. The van der Waals surface area contributed by atoms with Crippen LogP contribution in [0, 0.1) is 12.8 Å². The predicted molar refractivity (Wildman–Crippen MR) is 157 cm³/mol. The predicted octanol–water partition coefficient (Wildman–Crippen LogP) is 4.89. The lowest BCUT2D eigenvalue weighted by molar-refractivity contribution is -0.274. The molecule has 6 rings (SSSR count). The van der Waals surface area contributed by atoms with E-state index >= 15 is 0 Å². The lowest BCUT2D eigenvalue weighted by Crippen LogP contribution is -2.58. The zero-order valence-electron chi connectivity index (χ0n) is 25.1. The molecule has 3 aromatic rings. The third-order valence-corrected chi connectivity index (χ3v) is 9.09. The lowest BCUT2D eigenvalue weighted by atomic mass is 9.87. The summed E-state index contributed by atoms with van der Waals surface area (Å²) in [4.78, 5) is 32.3. The molecule has 2 saturated heterocycles. The third kappa shape index (κ3) is 6.17. The van der Waals surface area contributed by atoms with Crippen molar-refractivity contribution in [2.24, 2.45) is 5.92 Å². The summed E-state index contributed by atoms with van der Waals surface area (Å²) in [7, 11) is 0. The number of benzene rings is 2. The molecule has 3 heterocycles. The van der Waals surface area contributed by atoms with Crippen molar-refractivity contribution in [1.29, 1.82) is 0 Å². The number of aryl methyl sites for hydroxylation is 2. The van der Waals surface area contributed by atoms with Crippen LogP contribution >= 0.6 is 0 Å². The van der Waals surface area contributed by atoms with Gasteiger partial charge >= 0.3 is 6.36 Å². The van der Waals surface area contributed by atoms with E-state index in [1.165, 1.54) is 39.8 Å². The molecule has 3 aliphatic rings. The number of hydrogen-bond acceptors (Lipinski definition) is 6. The number of carbonyl (C=O) groups excluding carboxylic acids is 2. The van der Waals surface area contributed by atoms with Gasteiger partial charge in [0.2, 0.25) is 11.8 Å². The third-order valence-electron chi connectivity index (χ3n) is 9.09. The average molecular weight is 611 g/mol. The molecule has 0 spiro atoms. The fraction of sp³-hybridized carbons (Fsp3) is 0.500. The van der Waals surface area contributed by atoms with Crippen molar-refractivity contribution in [3.05, 3.63) is 71.0 Å². The van der Waals surface area contributed by atoms with Crippen LogP contribution in [0.5, 0.6) is 5.75 Å². The summed E-state index contributed by atoms with van der Waals surface area (Å²) in [6, 6.07) is 12.2. The van der Waals surface area contributed by atoms with Crippen LogP contribution in [-0.2, 0) is 22.6 Å². The van der Waals surface area contributed by atoms with Gasteiger partial charge in [0.25, 0.3) is 0 Å². The average Bonchev–Trinajstić information content (AvgIpc) is 3.60. The molecule has 4 atom stereocenters. The SMILES string of the molecule is Cc1ccc2c(c1)[C@@H](n1cc(CN3[C@H](C)CN(C(=O)C4CCN(c5cccc(OC(F)(F)F)c5)C4=O)C[C@@H]3C)nn1)CCC2. The molecular formula is C32H37F3N6O3. The number of ether oxygens (including phenoxy) is 1. The first-order valence-corrected chi connectivity index (χ1v) is 15.2. The monoisotopic (exact) mass is 610 g/mol. The summed E-state index contributed by atoms with van der Waals surface area (Å²) in [5, 5.41) is 9.02. The summed E-state index contributed by atoms with van der Waals surface area (Å²) in [6.07, 6.45) is 0.730. The number of carbonyl (C=O) groups is 2. The maximum atomic E-state index is 13.6. The van der Waals surface area contributed by atoms with E-state index in [1.807, 2.05) is 10.9 Å². The largest absolute Gasteiger partial charge is 0.573 e. The van der Waals surface area contributed by atoms with Gasteiger partial charge in [-0.15, -0.1) is 18.3 Å². The molecule has 9 nitrogen and oxygen atoms in total. The molecule has 12 heteroatoms. The minimum absolute atomic E-state index is 0.0229. The summed E-state index contributed by atoms with van der Waals surface area (Å²) >= 11 is 0. The van der Waals surface area contributed by atoms with Gasteiger partial charge in [-0.2, -0.15) is 0 Å². The fourth-order valence-electron chi connectivity index (χ4n) is 6.98. The van der Waals surface area contributed by atoms with Crippen LogP contribution in [0.25, 0.3) is 0 Å². The second kappa shape index (κ2) is 11.9. The molecule has 2 amide bonds. The second-order valence-electron chi connectivity index (χ2n) is 12.3. The van der Waals surface area contributed by atoms with Crippen LogP contribution in [-0.4, -0.2) is 74.7 Å². The van der Waals surface area contributed by atoms with E-state index in [1.54, 1.807) is 11.0 Å². The van der Waals surface area contributed by atoms with Gasteiger partial charge < -0.3 is 14.5 Å². The maximum Gasteiger partial charge on any atom is 0.573 e. The quantitative estimate of drug-likeness (QED) is 0.370. The van der Waals surface area contributed by atoms with E-state index in [-0.39, 0.29) is 36.3 Å². The highest BCUT2D eigenvalue weighted by molar-refractivity contribution is 6.09. The number of alkyl halides is 3.